The highest BCUT2D eigenvalue weighted by atomic mass is 127. The lowest BCUT2D eigenvalue weighted by atomic mass is 10.1. The largest absolute Gasteiger partial charge is 0.383 e. The fourth-order valence-corrected chi connectivity index (χ4v) is 3.19. The van der Waals surface area contributed by atoms with Crippen LogP contribution >= 0.6 is 45.5 Å². The van der Waals surface area contributed by atoms with Gasteiger partial charge in [0, 0.05) is 8.45 Å². The van der Waals surface area contributed by atoms with Crippen molar-refractivity contribution in [2.45, 2.75) is 6.10 Å². The standard InChI is InChI=1S/C11H7ClFIOS/c12-10-4-3-9(16-10)11(15)7-2-1-6(13)5-8(7)14/h1-5,11,15H. The summed E-state index contributed by atoms with van der Waals surface area (Å²) in [5, 5.41) is 10.1. The SMILES string of the molecule is OC(c1ccc(Cl)s1)c1ccc(F)cc1I. The number of rotatable bonds is 2. The van der Waals surface area contributed by atoms with Crippen molar-refractivity contribution in [3.8, 4) is 0 Å². The normalized spacial score (nSPS) is 12.8. The van der Waals surface area contributed by atoms with E-state index in [9.17, 15) is 9.50 Å². The summed E-state index contributed by atoms with van der Waals surface area (Å²) in [5.41, 5.74) is 0.695. The summed E-state index contributed by atoms with van der Waals surface area (Å²) in [5.74, 6) is -0.301. The van der Waals surface area contributed by atoms with E-state index in [1.54, 1.807) is 18.2 Å². The summed E-state index contributed by atoms with van der Waals surface area (Å²) in [7, 11) is 0. The molecule has 0 fully saturated rings. The van der Waals surface area contributed by atoms with Crippen LogP contribution in [-0.2, 0) is 0 Å². The third-order valence-corrected chi connectivity index (χ3v) is 4.34. The van der Waals surface area contributed by atoms with E-state index in [1.165, 1.54) is 23.5 Å². The first-order chi connectivity index (χ1) is 7.58. The molecule has 0 saturated carbocycles. The summed E-state index contributed by atoms with van der Waals surface area (Å²) < 4.78 is 14.2. The van der Waals surface area contributed by atoms with Crippen LogP contribution in [0.4, 0.5) is 4.39 Å². The van der Waals surface area contributed by atoms with Crippen molar-refractivity contribution in [3.63, 3.8) is 0 Å². The molecule has 0 radical (unpaired) electrons. The summed E-state index contributed by atoms with van der Waals surface area (Å²) in [6.45, 7) is 0. The number of halogens is 3. The van der Waals surface area contributed by atoms with Gasteiger partial charge in [-0.2, -0.15) is 0 Å². The van der Waals surface area contributed by atoms with Gasteiger partial charge in [0.15, 0.2) is 0 Å². The van der Waals surface area contributed by atoms with E-state index in [1.807, 2.05) is 22.6 Å². The van der Waals surface area contributed by atoms with E-state index >= 15 is 0 Å². The highest BCUT2D eigenvalue weighted by Gasteiger charge is 2.15. The van der Waals surface area contributed by atoms with Gasteiger partial charge in [0.2, 0.25) is 0 Å². The average molecular weight is 369 g/mol. The Morgan fingerprint density at radius 3 is 2.62 bits per heavy atom. The van der Waals surface area contributed by atoms with Gasteiger partial charge >= 0.3 is 0 Å². The predicted octanol–water partition coefficient (Wildman–Crippen LogP) is 4.23. The molecule has 2 aromatic rings. The smallest absolute Gasteiger partial charge is 0.124 e. The molecule has 1 N–H and O–H groups in total. The maximum absolute atomic E-state index is 12.9. The summed E-state index contributed by atoms with van der Waals surface area (Å²) in [6, 6.07) is 7.85. The Labute approximate surface area is 115 Å². The first kappa shape index (κ1) is 12.3. The zero-order valence-corrected chi connectivity index (χ0v) is 11.7. The second kappa shape index (κ2) is 5.00. The lowest BCUT2D eigenvalue weighted by molar-refractivity contribution is 0.223. The molecule has 0 bridgehead atoms. The molecule has 0 spiro atoms. The van der Waals surface area contributed by atoms with E-state index in [2.05, 4.69) is 0 Å². The Kier molecular flexibility index (Phi) is 3.84. The Balaban J connectivity index is 2.37. The second-order valence-electron chi connectivity index (χ2n) is 3.21. The zero-order valence-electron chi connectivity index (χ0n) is 7.95. The number of hydrogen-bond donors (Lipinski definition) is 1. The Bertz CT molecular complexity index is 514. The van der Waals surface area contributed by atoms with Crippen LogP contribution in [0, 0.1) is 9.39 Å². The molecule has 1 aromatic carbocycles. The predicted molar refractivity (Wildman–Crippen MR) is 72.5 cm³/mol. The highest BCUT2D eigenvalue weighted by molar-refractivity contribution is 14.1. The van der Waals surface area contributed by atoms with Crippen molar-refractivity contribution in [3.05, 3.63) is 54.5 Å². The first-order valence-electron chi connectivity index (χ1n) is 4.46. The molecule has 1 atom stereocenters. The van der Waals surface area contributed by atoms with Crippen molar-refractivity contribution in [1.29, 1.82) is 0 Å². The van der Waals surface area contributed by atoms with Crippen LogP contribution in [0.5, 0.6) is 0 Å². The molecule has 0 saturated heterocycles. The number of aliphatic hydroxyl groups excluding tert-OH is 1. The number of hydrogen-bond acceptors (Lipinski definition) is 2. The summed E-state index contributed by atoms with van der Waals surface area (Å²) in [6.07, 6.45) is -0.745. The van der Waals surface area contributed by atoms with Gasteiger partial charge in [0.05, 0.1) is 4.34 Å². The summed E-state index contributed by atoms with van der Waals surface area (Å²) in [4.78, 5) is 0.759. The molecule has 2 rings (SSSR count). The van der Waals surface area contributed by atoms with Gasteiger partial charge in [-0.1, -0.05) is 17.7 Å². The molecule has 5 heteroatoms. The van der Waals surface area contributed by atoms with Crippen LogP contribution < -0.4 is 0 Å². The second-order valence-corrected chi connectivity index (χ2v) is 6.12. The van der Waals surface area contributed by atoms with Crippen molar-refractivity contribution < 1.29 is 9.50 Å². The molecule has 1 unspecified atom stereocenters. The van der Waals surface area contributed by atoms with E-state index in [4.69, 9.17) is 11.6 Å². The molecule has 0 aliphatic rings. The minimum absolute atomic E-state index is 0.301. The van der Waals surface area contributed by atoms with Crippen LogP contribution in [0.1, 0.15) is 16.5 Å². The fourth-order valence-electron chi connectivity index (χ4n) is 1.35. The lowest BCUT2D eigenvalue weighted by Gasteiger charge is -2.10. The first-order valence-corrected chi connectivity index (χ1v) is 6.73. The monoisotopic (exact) mass is 368 g/mol. The van der Waals surface area contributed by atoms with Crippen LogP contribution in [0.15, 0.2) is 30.3 Å². The molecule has 1 nitrogen and oxygen atoms in total. The molecule has 1 aromatic heterocycles. The van der Waals surface area contributed by atoms with E-state index in [0.29, 0.717) is 13.5 Å². The molecule has 0 aliphatic heterocycles. The van der Waals surface area contributed by atoms with Gasteiger partial charge in [-0.3, -0.25) is 0 Å². The quantitative estimate of drug-likeness (QED) is 0.787. The minimum Gasteiger partial charge on any atom is -0.383 e. The van der Waals surface area contributed by atoms with E-state index < -0.39 is 6.10 Å². The van der Waals surface area contributed by atoms with Crippen molar-refractivity contribution >= 4 is 45.5 Å². The number of thiophene rings is 1. The molecule has 16 heavy (non-hydrogen) atoms. The maximum Gasteiger partial charge on any atom is 0.124 e. The molecule has 84 valence electrons. The van der Waals surface area contributed by atoms with Crippen LogP contribution in [0.3, 0.4) is 0 Å². The van der Waals surface area contributed by atoms with E-state index in [-0.39, 0.29) is 5.82 Å². The molecule has 1 heterocycles. The van der Waals surface area contributed by atoms with Crippen molar-refractivity contribution in [1.82, 2.24) is 0 Å². The molecular weight excluding hydrogens is 362 g/mol. The van der Waals surface area contributed by atoms with Gasteiger partial charge in [-0.05, 0) is 52.4 Å². The summed E-state index contributed by atoms with van der Waals surface area (Å²) >= 11 is 9.13. The third kappa shape index (κ3) is 2.56. The molecule has 0 aliphatic carbocycles. The van der Waals surface area contributed by atoms with Gasteiger partial charge in [0.1, 0.15) is 11.9 Å². The molecule has 0 amide bonds. The Morgan fingerprint density at radius 2 is 2.06 bits per heavy atom. The Morgan fingerprint density at radius 1 is 1.31 bits per heavy atom. The average Bonchev–Trinajstić information content (AvgIpc) is 2.64. The van der Waals surface area contributed by atoms with Gasteiger partial charge in [0.25, 0.3) is 0 Å². The highest BCUT2D eigenvalue weighted by Crippen LogP contribution is 2.32. The van der Waals surface area contributed by atoms with Crippen molar-refractivity contribution in [2.75, 3.05) is 0 Å². The fraction of sp³-hybridized carbons (Fsp3) is 0.0909. The topological polar surface area (TPSA) is 20.2 Å². The lowest BCUT2D eigenvalue weighted by Crippen LogP contribution is -2.00. The maximum atomic E-state index is 12.9. The van der Waals surface area contributed by atoms with Gasteiger partial charge in [-0.25, -0.2) is 4.39 Å². The van der Waals surface area contributed by atoms with Gasteiger partial charge in [-0.15, -0.1) is 11.3 Å². The zero-order chi connectivity index (χ0) is 11.7. The van der Waals surface area contributed by atoms with Crippen LogP contribution in [0.25, 0.3) is 0 Å². The van der Waals surface area contributed by atoms with Crippen LogP contribution in [-0.4, -0.2) is 5.11 Å². The van der Waals surface area contributed by atoms with E-state index in [0.717, 1.165) is 4.88 Å². The van der Waals surface area contributed by atoms with Gasteiger partial charge < -0.3 is 5.11 Å². The third-order valence-electron chi connectivity index (χ3n) is 2.12. The van der Waals surface area contributed by atoms with Crippen molar-refractivity contribution in [2.24, 2.45) is 0 Å². The molecular formula is C11H7ClFIOS. The van der Waals surface area contributed by atoms with Crippen LogP contribution in [0.2, 0.25) is 4.34 Å². The Hall–Kier alpha value is -0.170. The number of benzene rings is 1. The number of aliphatic hydroxyl groups is 1. The minimum atomic E-state index is -0.745.